The fraction of sp³-hybridized carbons (Fsp3) is 0.579. The minimum atomic E-state index is -0.296. The van der Waals surface area contributed by atoms with Gasteiger partial charge in [0.15, 0.2) is 25.1 Å². The number of carbonyl (C=O) groups excluding carboxylic acids is 4. The largest absolute Gasteiger partial charge is 0.393 e. The van der Waals surface area contributed by atoms with E-state index in [1.54, 1.807) is 0 Å². The average Bonchev–Trinajstić information content (AvgIpc) is 3.04. The summed E-state index contributed by atoms with van der Waals surface area (Å²) in [5.74, 6) is 1.82. The van der Waals surface area contributed by atoms with E-state index in [0.29, 0.717) is 58.8 Å². The lowest BCUT2D eigenvalue weighted by Gasteiger charge is -2.46. The summed E-state index contributed by atoms with van der Waals surface area (Å²) in [5.41, 5.74) is 6.39. The van der Waals surface area contributed by atoms with Gasteiger partial charge in [0.05, 0.1) is 12.2 Å². The lowest BCUT2D eigenvalue weighted by Crippen LogP contribution is -2.48. The van der Waals surface area contributed by atoms with Gasteiger partial charge in [-0.1, -0.05) is 27.7 Å². The first kappa shape index (κ1) is 34.3. The molecule has 0 bridgehead atoms. The molecule has 0 saturated carbocycles. The van der Waals surface area contributed by atoms with Crippen molar-refractivity contribution in [3.63, 3.8) is 0 Å². The Kier molecular flexibility index (Phi) is 11.0. The van der Waals surface area contributed by atoms with Crippen LogP contribution >= 0.6 is 0 Å². The predicted molar refractivity (Wildman–Crippen MR) is 178 cm³/mol. The fourth-order valence-electron chi connectivity index (χ4n) is 8.44. The summed E-state index contributed by atoms with van der Waals surface area (Å²) >= 11 is 0. The van der Waals surface area contributed by atoms with Crippen LogP contribution in [0.2, 0.25) is 0 Å². The number of aldehydes is 4. The highest BCUT2D eigenvalue weighted by atomic mass is 16.3. The summed E-state index contributed by atoms with van der Waals surface area (Å²) in [6, 6.07) is 7.76. The van der Waals surface area contributed by atoms with Crippen molar-refractivity contribution in [3.8, 4) is 0 Å². The smallest absolute Gasteiger partial charge is 0.150 e. The predicted octanol–water partition coefficient (Wildman–Crippen LogP) is 5.28. The first-order valence-corrected chi connectivity index (χ1v) is 17.0. The average molecular weight is 631 g/mol. The van der Waals surface area contributed by atoms with Crippen LogP contribution in [0.3, 0.4) is 0 Å². The standard InChI is InChI=1S/2C19H25NO3/c2*1-12(2)5-14-9-20-4-3-13-6-15(10-21)16(11-22)7-17(13)18(20)8-19(14)23/h2*6-7,10-12,14,18-19,23H,3-5,8-9H2,1-2H3/t2*14-,18+,19-/m10/s1. The minimum absolute atomic E-state index is 0.163. The van der Waals surface area contributed by atoms with Gasteiger partial charge in [0.2, 0.25) is 0 Å². The molecule has 4 aliphatic heterocycles. The molecule has 2 N–H and O–H groups in total. The second-order valence-corrected chi connectivity index (χ2v) is 14.7. The number of fused-ring (bicyclic) bond motifs is 6. The van der Waals surface area contributed by atoms with E-state index in [9.17, 15) is 29.4 Å². The number of aliphatic hydroxyl groups is 2. The third-order valence-corrected chi connectivity index (χ3v) is 10.6. The number of carbonyl (C=O) groups is 4. The number of nitrogens with zero attached hydrogens (tertiary/aromatic N) is 2. The van der Waals surface area contributed by atoms with Crippen molar-refractivity contribution in [1.82, 2.24) is 9.80 Å². The Morgan fingerprint density at radius 1 is 0.630 bits per heavy atom. The van der Waals surface area contributed by atoms with Crippen LogP contribution in [0.15, 0.2) is 24.3 Å². The van der Waals surface area contributed by atoms with Gasteiger partial charge >= 0.3 is 0 Å². The molecule has 2 fully saturated rings. The zero-order chi connectivity index (χ0) is 33.1. The molecular weight excluding hydrogens is 580 g/mol. The molecule has 46 heavy (non-hydrogen) atoms. The number of hydrogen-bond donors (Lipinski definition) is 2. The monoisotopic (exact) mass is 630 g/mol. The van der Waals surface area contributed by atoms with Gasteiger partial charge < -0.3 is 10.2 Å². The molecule has 2 aromatic rings. The van der Waals surface area contributed by atoms with Gasteiger partial charge in [-0.05, 0) is 109 Å². The molecule has 0 radical (unpaired) electrons. The Bertz CT molecular complexity index is 1330. The Morgan fingerprint density at radius 2 is 0.978 bits per heavy atom. The van der Waals surface area contributed by atoms with Crippen LogP contribution in [0, 0.1) is 23.7 Å². The van der Waals surface area contributed by atoms with Gasteiger partial charge in [-0.25, -0.2) is 0 Å². The van der Waals surface area contributed by atoms with Gasteiger partial charge in [-0.15, -0.1) is 0 Å². The number of aliphatic hydroxyl groups excluding tert-OH is 2. The van der Waals surface area contributed by atoms with Crippen LogP contribution in [0.4, 0.5) is 0 Å². The summed E-state index contributed by atoms with van der Waals surface area (Å²) in [4.78, 5) is 49.7. The zero-order valence-corrected chi connectivity index (χ0v) is 27.7. The molecule has 0 unspecified atom stereocenters. The molecule has 8 nitrogen and oxygen atoms in total. The van der Waals surface area contributed by atoms with Crippen molar-refractivity contribution < 1.29 is 29.4 Å². The lowest BCUT2D eigenvalue weighted by molar-refractivity contribution is -0.0192. The van der Waals surface area contributed by atoms with Crippen molar-refractivity contribution in [1.29, 1.82) is 0 Å². The van der Waals surface area contributed by atoms with Crippen molar-refractivity contribution >= 4 is 25.1 Å². The van der Waals surface area contributed by atoms with E-state index in [0.717, 1.165) is 99.3 Å². The van der Waals surface area contributed by atoms with Crippen LogP contribution in [0.5, 0.6) is 0 Å². The van der Waals surface area contributed by atoms with Gasteiger partial charge in [0, 0.05) is 60.5 Å². The van der Waals surface area contributed by atoms with Gasteiger partial charge in [-0.3, -0.25) is 29.0 Å². The van der Waals surface area contributed by atoms with E-state index < -0.39 is 0 Å². The maximum absolute atomic E-state index is 11.2. The topological polar surface area (TPSA) is 115 Å². The normalized spacial score (nSPS) is 27.4. The second-order valence-electron chi connectivity index (χ2n) is 14.7. The maximum Gasteiger partial charge on any atom is 0.150 e. The zero-order valence-electron chi connectivity index (χ0n) is 27.7. The molecule has 4 heterocycles. The van der Waals surface area contributed by atoms with E-state index in [-0.39, 0.29) is 24.3 Å². The molecule has 8 heteroatoms. The lowest BCUT2D eigenvalue weighted by atomic mass is 9.78. The summed E-state index contributed by atoms with van der Waals surface area (Å²) in [6.45, 7) is 12.5. The summed E-state index contributed by atoms with van der Waals surface area (Å²) in [5, 5.41) is 21.1. The molecule has 0 aliphatic carbocycles. The molecule has 2 aromatic carbocycles. The third kappa shape index (κ3) is 7.25. The Labute approximate surface area is 273 Å². The van der Waals surface area contributed by atoms with Crippen LogP contribution in [-0.2, 0) is 12.8 Å². The first-order valence-electron chi connectivity index (χ1n) is 17.0. The highest BCUT2D eigenvalue weighted by Gasteiger charge is 2.40. The number of benzene rings is 2. The summed E-state index contributed by atoms with van der Waals surface area (Å²) in [6.07, 6.45) is 7.73. The van der Waals surface area contributed by atoms with E-state index in [2.05, 4.69) is 37.5 Å². The third-order valence-electron chi connectivity index (χ3n) is 10.6. The Balaban J connectivity index is 0.000000181. The van der Waals surface area contributed by atoms with E-state index in [1.165, 1.54) is 0 Å². The van der Waals surface area contributed by atoms with Crippen molar-refractivity contribution in [2.75, 3.05) is 26.2 Å². The second kappa shape index (κ2) is 14.8. The van der Waals surface area contributed by atoms with Gasteiger partial charge in [0.1, 0.15) is 0 Å². The molecule has 0 spiro atoms. The molecule has 0 aromatic heterocycles. The van der Waals surface area contributed by atoms with E-state index >= 15 is 0 Å². The Morgan fingerprint density at radius 3 is 1.30 bits per heavy atom. The maximum atomic E-state index is 11.2. The van der Waals surface area contributed by atoms with Crippen LogP contribution in [0.1, 0.15) is 129 Å². The number of piperidine rings is 2. The number of rotatable bonds is 8. The molecule has 6 rings (SSSR count). The Hall–Kier alpha value is -3.04. The molecular formula is C38H50N2O6. The SMILES string of the molecule is CC(C)C[C@@H]1CN2CCc3cc(C=O)c(C=O)cc3[C@@H]2C[C@H]1O.CC(C)C[C@H]1CN2CCc3cc(C=O)c(C=O)cc3[C@H]2C[C@@H]1O. The van der Waals surface area contributed by atoms with E-state index in [4.69, 9.17) is 0 Å². The molecule has 4 aliphatic rings. The highest BCUT2D eigenvalue weighted by Crippen LogP contribution is 2.42. The van der Waals surface area contributed by atoms with Crippen LogP contribution in [-0.4, -0.2) is 83.5 Å². The molecule has 2 saturated heterocycles. The molecule has 6 atom stereocenters. The van der Waals surface area contributed by atoms with Crippen molar-refractivity contribution in [2.24, 2.45) is 23.7 Å². The van der Waals surface area contributed by atoms with Crippen molar-refractivity contribution in [3.05, 3.63) is 68.8 Å². The van der Waals surface area contributed by atoms with Crippen LogP contribution in [0.25, 0.3) is 0 Å². The fourth-order valence-corrected chi connectivity index (χ4v) is 8.44. The van der Waals surface area contributed by atoms with Gasteiger partial charge in [0.25, 0.3) is 0 Å². The summed E-state index contributed by atoms with van der Waals surface area (Å²) in [7, 11) is 0. The molecule has 0 amide bonds. The minimum Gasteiger partial charge on any atom is -0.393 e. The van der Waals surface area contributed by atoms with Crippen molar-refractivity contribution in [2.45, 2.75) is 90.5 Å². The number of hydrogen-bond acceptors (Lipinski definition) is 8. The quantitative estimate of drug-likeness (QED) is 0.379. The first-order chi connectivity index (χ1) is 22.1. The molecule has 248 valence electrons. The highest BCUT2D eigenvalue weighted by molar-refractivity contribution is 5.91. The van der Waals surface area contributed by atoms with Crippen LogP contribution < -0.4 is 0 Å². The van der Waals surface area contributed by atoms with Gasteiger partial charge in [-0.2, -0.15) is 0 Å². The summed E-state index contributed by atoms with van der Waals surface area (Å²) < 4.78 is 0. The van der Waals surface area contributed by atoms with E-state index in [1.807, 2.05) is 24.3 Å².